The van der Waals surface area contributed by atoms with Crippen molar-refractivity contribution < 1.29 is 19.1 Å². The first kappa shape index (κ1) is 21.2. The number of fused-ring (bicyclic) bond motifs is 1. The van der Waals surface area contributed by atoms with E-state index in [-0.39, 0.29) is 17.7 Å². The molecule has 1 aliphatic heterocycles. The first-order valence-electron chi connectivity index (χ1n) is 11.1. The molecule has 0 aromatic heterocycles. The summed E-state index contributed by atoms with van der Waals surface area (Å²) in [7, 11) is 1.66. The molecule has 1 unspecified atom stereocenters. The van der Waals surface area contributed by atoms with Gasteiger partial charge in [0.25, 0.3) is 5.91 Å². The third-order valence-corrected chi connectivity index (χ3v) is 6.22. The van der Waals surface area contributed by atoms with Crippen molar-refractivity contribution in [3.05, 3.63) is 53.6 Å². The lowest BCUT2D eigenvalue weighted by molar-refractivity contribution is -0.137. The molecule has 2 amide bonds. The van der Waals surface area contributed by atoms with E-state index in [1.807, 2.05) is 47.4 Å². The molecule has 1 saturated carbocycles. The number of para-hydroxylation sites is 1. The Balaban J connectivity index is 1.49. The van der Waals surface area contributed by atoms with Crippen LogP contribution in [0, 0.1) is 5.92 Å². The fourth-order valence-corrected chi connectivity index (χ4v) is 4.46. The molecule has 1 N–H and O–H groups in total. The maximum absolute atomic E-state index is 12.9. The second-order valence-electron chi connectivity index (χ2n) is 8.37. The van der Waals surface area contributed by atoms with Crippen LogP contribution >= 0.6 is 0 Å². The van der Waals surface area contributed by atoms with Crippen LogP contribution in [0.15, 0.2) is 42.5 Å². The number of anilines is 1. The normalized spacial score (nSPS) is 18.8. The molecule has 0 bridgehead atoms. The Kier molecular flexibility index (Phi) is 6.44. The Morgan fingerprint density at radius 2 is 1.97 bits per heavy atom. The highest BCUT2D eigenvalue weighted by atomic mass is 16.5. The minimum Gasteiger partial charge on any atom is -0.496 e. The number of nitrogens with zero attached hydrogens (tertiary/aromatic N) is 1. The van der Waals surface area contributed by atoms with Gasteiger partial charge in [0.2, 0.25) is 5.91 Å². The molecule has 6 heteroatoms. The third-order valence-electron chi connectivity index (χ3n) is 6.22. The predicted molar refractivity (Wildman–Crippen MR) is 119 cm³/mol. The molecule has 0 radical (unpaired) electrons. The van der Waals surface area contributed by atoms with Gasteiger partial charge in [0.15, 0.2) is 6.10 Å². The van der Waals surface area contributed by atoms with Crippen molar-refractivity contribution in [2.45, 2.75) is 51.7 Å². The Morgan fingerprint density at radius 3 is 2.74 bits per heavy atom. The second kappa shape index (κ2) is 9.41. The van der Waals surface area contributed by atoms with Gasteiger partial charge in [-0.1, -0.05) is 31.0 Å². The van der Waals surface area contributed by atoms with Crippen molar-refractivity contribution in [3.8, 4) is 11.5 Å². The number of amides is 2. The molecular formula is C25H30N2O4. The first-order chi connectivity index (χ1) is 15.0. The maximum Gasteiger partial charge on any atom is 0.263 e. The van der Waals surface area contributed by atoms with Crippen molar-refractivity contribution in [1.29, 1.82) is 0 Å². The van der Waals surface area contributed by atoms with Gasteiger partial charge in [-0.15, -0.1) is 0 Å². The van der Waals surface area contributed by atoms with Gasteiger partial charge in [0.05, 0.1) is 7.11 Å². The number of nitrogens with one attached hydrogen (secondary N) is 1. The average molecular weight is 423 g/mol. The lowest BCUT2D eigenvalue weighted by atomic mass is 10.1. The van der Waals surface area contributed by atoms with Gasteiger partial charge < -0.3 is 19.7 Å². The predicted octanol–water partition coefficient (Wildman–Crippen LogP) is 4.18. The number of hydrogen-bond acceptors (Lipinski definition) is 4. The quantitative estimate of drug-likeness (QED) is 0.759. The largest absolute Gasteiger partial charge is 0.496 e. The Morgan fingerprint density at radius 1 is 1.19 bits per heavy atom. The van der Waals surface area contributed by atoms with Gasteiger partial charge in [-0.3, -0.25) is 9.59 Å². The highest BCUT2D eigenvalue weighted by Gasteiger charge is 2.28. The highest BCUT2D eigenvalue weighted by Crippen LogP contribution is 2.31. The van der Waals surface area contributed by atoms with Gasteiger partial charge in [-0.05, 0) is 56.0 Å². The molecule has 1 aliphatic carbocycles. The standard InChI is InChI=1S/C25H30N2O4/c1-17-25(29)27(14-13-18-7-5-6-10-22(18)30-2)16-20-15-21(11-12-23(20)31-17)26-24(28)19-8-3-4-9-19/h5-7,10-12,15,17,19H,3-4,8-9,13-14,16H2,1-2H3,(H,26,28). The second-order valence-corrected chi connectivity index (χ2v) is 8.37. The number of carbonyl (C=O) groups is 2. The van der Waals surface area contributed by atoms with Gasteiger partial charge >= 0.3 is 0 Å². The Labute approximate surface area is 183 Å². The van der Waals surface area contributed by atoms with Gasteiger partial charge in [0.1, 0.15) is 11.5 Å². The van der Waals surface area contributed by atoms with Crippen LogP contribution in [0.5, 0.6) is 11.5 Å². The molecule has 1 heterocycles. The van der Waals surface area contributed by atoms with E-state index < -0.39 is 6.10 Å². The molecule has 6 nitrogen and oxygen atoms in total. The summed E-state index contributed by atoms with van der Waals surface area (Å²) < 4.78 is 11.4. The molecular weight excluding hydrogens is 392 g/mol. The zero-order valence-electron chi connectivity index (χ0n) is 18.2. The lowest BCUT2D eigenvalue weighted by Crippen LogP contribution is -2.39. The molecule has 2 aromatic carbocycles. The summed E-state index contributed by atoms with van der Waals surface area (Å²) in [5, 5.41) is 3.05. The van der Waals surface area contributed by atoms with Gasteiger partial charge in [-0.25, -0.2) is 0 Å². The Bertz CT molecular complexity index is 952. The van der Waals surface area contributed by atoms with Crippen LogP contribution in [0.2, 0.25) is 0 Å². The van der Waals surface area contributed by atoms with Gasteiger partial charge in [-0.2, -0.15) is 0 Å². The smallest absolute Gasteiger partial charge is 0.263 e. The molecule has 164 valence electrons. The number of carbonyl (C=O) groups excluding carboxylic acids is 2. The summed E-state index contributed by atoms with van der Waals surface area (Å²) in [5.74, 6) is 1.67. The number of hydrogen-bond donors (Lipinski definition) is 1. The maximum atomic E-state index is 12.9. The summed E-state index contributed by atoms with van der Waals surface area (Å²) in [6.45, 7) is 2.79. The van der Waals surface area contributed by atoms with E-state index in [4.69, 9.17) is 9.47 Å². The van der Waals surface area contributed by atoms with E-state index in [0.29, 0.717) is 25.3 Å². The average Bonchev–Trinajstić information content (AvgIpc) is 3.29. The lowest BCUT2D eigenvalue weighted by Gasteiger charge is -2.22. The summed E-state index contributed by atoms with van der Waals surface area (Å²) in [6, 6.07) is 13.5. The van der Waals surface area contributed by atoms with Crippen molar-refractivity contribution in [3.63, 3.8) is 0 Å². The topological polar surface area (TPSA) is 67.9 Å². The van der Waals surface area contributed by atoms with Crippen molar-refractivity contribution in [2.24, 2.45) is 5.92 Å². The SMILES string of the molecule is COc1ccccc1CCN1Cc2cc(NC(=O)C3CCCC3)ccc2OC(C)C1=O. The number of benzene rings is 2. The van der Waals surface area contributed by atoms with E-state index >= 15 is 0 Å². The first-order valence-corrected chi connectivity index (χ1v) is 11.1. The molecule has 1 fully saturated rings. The van der Waals surface area contributed by atoms with E-state index in [2.05, 4.69) is 5.32 Å². The Hall–Kier alpha value is -3.02. The minimum absolute atomic E-state index is 0.0392. The monoisotopic (exact) mass is 422 g/mol. The van der Waals surface area contributed by atoms with Gasteiger partial charge in [0, 0.05) is 30.3 Å². The van der Waals surface area contributed by atoms with Crippen LogP contribution < -0.4 is 14.8 Å². The van der Waals surface area contributed by atoms with Crippen LogP contribution in [0.4, 0.5) is 5.69 Å². The van der Waals surface area contributed by atoms with Crippen molar-refractivity contribution >= 4 is 17.5 Å². The van der Waals surface area contributed by atoms with Crippen molar-refractivity contribution in [2.75, 3.05) is 19.0 Å². The van der Waals surface area contributed by atoms with Crippen molar-refractivity contribution in [1.82, 2.24) is 4.90 Å². The minimum atomic E-state index is -0.558. The van der Waals surface area contributed by atoms with E-state index in [0.717, 1.165) is 48.2 Å². The fourth-order valence-electron chi connectivity index (χ4n) is 4.46. The van der Waals surface area contributed by atoms with Crippen LogP contribution in [0.3, 0.4) is 0 Å². The zero-order chi connectivity index (χ0) is 21.8. The van der Waals surface area contributed by atoms with Crippen LogP contribution in [0.1, 0.15) is 43.7 Å². The van der Waals surface area contributed by atoms with E-state index in [9.17, 15) is 9.59 Å². The molecule has 1 atom stereocenters. The highest BCUT2D eigenvalue weighted by molar-refractivity contribution is 5.93. The zero-order valence-corrected chi connectivity index (χ0v) is 18.2. The molecule has 2 aromatic rings. The molecule has 31 heavy (non-hydrogen) atoms. The number of methoxy groups -OCH3 is 1. The van der Waals surface area contributed by atoms with Crippen LogP contribution in [-0.4, -0.2) is 36.5 Å². The number of rotatable bonds is 6. The summed E-state index contributed by atoms with van der Waals surface area (Å²) >= 11 is 0. The van der Waals surface area contributed by atoms with E-state index in [1.165, 1.54) is 0 Å². The van der Waals surface area contributed by atoms with Crippen LogP contribution in [-0.2, 0) is 22.6 Å². The van der Waals surface area contributed by atoms with E-state index in [1.54, 1.807) is 14.0 Å². The molecule has 4 rings (SSSR count). The third kappa shape index (κ3) is 4.84. The number of ether oxygens (including phenoxy) is 2. The summed E-state index contributed by atoms with van der Waals surface area (Å²) in [6.07, 6.45) is 4.30. The molecule has 2 aliphatic rings. The summed E-state index contributed by atoms with van der Waals surface area (Å²) in [5.41, 5.74) is 2.72. The summed E-state index contributed by atoms with van der Waals surface area (Å²) in [4.78, 5) is 27.3. The molecule has 0 spiro atoms. The molecule has 0 saturated heterocycles. The fraction of sp³-hybridized carbons (Fsp3) is 0.440. The van der Waals surface area contributed by atoms with Crippen LogP contribution in [0.25, 0.3) is 0 Å².